The fraction of sp³-hybridized carbons (Fsp3) is 0.263. The summed E-state index contributed by atoms with van der Waals surface area (Å²) >= 11 is 6.04. The summed E-state index contributed by atoms with van der Waals surface area (Å²) in [6, 6.07) is 7.14. The molecule has 0 saturated heterocycles. The monoisotopic (exact) mass is 385 g/mol. The number of pyridine rings is 1. The van der Waals surface area contributed by atoms with Crippen LogP contribution in [0.3, 0.4) is 0 Å². The number of nitrogens with zero attached hydrogens (tertiary/aromatic N) is 3. The molecule has 0 radical (unpaired) electrons. The molecular weight excluding hydrogens is 366 g/mol. The van der Waals surface area contributed by atoms with Gasteiger partial charge >= 0.3 is 0 Å². The summed E-state index contributed by atoms with van der Waals surface area (Å²) in [5.41, 5.74) is 2.48. The Hall–Kier alpha value is -2.93. The van der Waals surface area contributed by atoms with Gasteiger partial charge in [-0.15, -0.1) is 0 Å². The van der Waals surface area contributed by atoms with E-state index in [2.05, 4.69) is 20.7 Å². The molecular formula is C19H20ClN5O2. The van der Waals surface area contributed by atoms with E-state index in [1.807, 2.05) is 20.8 Å². The second-order valence-electron chi connectivity index (χ2n) is 6.46. The maximum atomic E-state index is 12.3. The van der Waals surface area contributed by atoms with Crippen LogP contribution in [0.15, 0.2) is 36.7 Å². The first-order valence-electron chi connectivity index (χ1n) is 8.53. The lowest BCUT2D eigenvalue weighted by Crippen LogP contribution is -2.33. The van der Waals surface area contributed by atoms with Crippen molar-refractivity contribution in [3.8, 4) is 0 Å². The van der Waals surface area contributed by atoms with Crippen molar-refractivity contribution in [2.24, 2.45) is 0 Å². The van der Waals surface area contributed by atoms with Gasteiger partial charge in [-0.2, -0.15) is 5.10 Å². The molecule has 1 aromatic carbocycles. The molecule has 2 N–H and O–H groups in total. The van der Waals surface area contributed by atoms with Crippen LogP contribution in [-0.4, -0.2) is 33.1 Å². The molecule has 0 atom stereocenters. The zero-order valence-corrected chi connectivity index (χ0v) is 16.0. The van der Waals surface area contributed by atoms with E-state index in [4.69, 9.17) is 11.6 Å². The minimum atomic E-state index is -0.375. The first-order valence-corrected chi connectivity index (χ1v) is 8.91. The fourth-order valence-corrected chi connectivity index (χ4v) is 2.82. The van der Waals surface area contributed by atoms with Crippen LogP contribution in [0.2, 0.25) is 5.02 Å². The van der Waals surface area contributed by atoms with Gasteiger partial charge in [0.05, 0.1) is 18.3 Å². The quantitative estimate of drug-likeness (QED) is 0.704. The predicted octanol–water partition coefficient (Wildman–Crippen LogP) is 3.34. The number of carbonyl (C=O) groups is 2. The van der Waals surface area contributed by atoms with Crippen molar-refractivity contribution in [2.75, 3.05) is 11.9 Å². The Morgan fingerprint density at radius 1 is 1.26 bits per heavy atom. The van der Waals surface area contributed by atoms with Gasteiger partial charge in [0.2, 0.25) is 5.91 Å². The average Bonchev–Trinajstić information content (AvgIpc) is 3.07. The number of amides is 2. The van der Waals surface area contributed by atoms with Gasteiger partial charge in [0.25, 0.3) is 5.91 Å². The summed E-state index contributed by atoms with van der Waals surface area (Å²) in [5.74, 6) is -0.713. The van der Waals surface area contributed by atoms with Crippen molar-refractivity contribution in [3.63, 3.8) is 0 Å². The van der Waals surface area contributed by atoms with Crippen molar-refractivity contribution < 1.29 is 9.59 Å². The van der Waals surface area contributed by atoms with E-state index in [0.29, 0.717) is 16.3 Å². The molecule has 27 heavy (non-hydrogen) atoms. The maximum Gasteiger partial charge on any atom is 0.253 e. The van der Waals surface area contributed by atoms with E-state index in [1.54, 1.807) is 35.1 Å². The van der Waals surface area contributed by atoms with Crippen LogP contribution in [0.4, 0.5) is 5.69 Å². The predicted molar refractivity (Wildman–Crippen MR) is 105 cm³/mol. The van der Waals surface area contributed by atoms with Gasteiger partial charge < -0.3 is 10.6 Å². The Morgan fingerprint density at radius 3 is 2.78 bits per heavy atom. The molecule has 0 aliphatic carbocycles. The lowest BCUT2D eigenvalue weighted by Gasteiger charge is -2.10. The van der Waals surface area contributed by atoms with Crippen molar-refractivity contribution in [3.05, 3.63) is 52.8 Å². The molecule has 2 heterocycles. The fourth-order valence-electron chi connectivity index (χ4n) is 2.64. The number of aromatic nitrogens is 3. The van der Waals surface area contributed by atoms with Crippen LogP contribution in [0, 0.1) is 6.92 Å². The third-order valence-electron chi connectivity index (χ3n) is 4.14. The molecule has 8 heteroatoms. The van der Waals surface area contributed by atoms with Crippen molar-refractivity contribution >= 4 is 40.1 Å². The Balaban J connectivity index is 1.64. The Morgan fingerprint density at radius 2 is 2.04 bits per heavy atom. The second-order valence-corrected chi connectivity index (χ2v) is 6.87. The lowest BCUT2D eigenvalue weighted by molar-refractivity contribution is -0.115. The van der Waals surface area contributed by atoms with Gasteiger partial charge in [0.1, 0.15) is 0 Å². The topological polar surface area (TPSA) is 88.9 Å². The van der Waals surface area contributed by atoms with Gasteiger partial charge in [-0.05, 0) is 44.5 Å². The molecule has 140 valence electrons. The number of nitrogens with one attached hydrogen (secondary N) is 2. The van der Waals surface area contributed by atoms with Crippen LogP contribution >= 0.6 is 11.6 Å². The van der Waals surface area contributed by atoms with Crippen molar-refractivity contribution in [2.45, 2.75) is 26.8 Å². The summed E-state index contributed by atoms with van der Waals surface area (Å²) in [5, 5.41) is 11.0. The summed E-state index contributed by atoms with van der Waals surface area (Å²) in [4.78, 5) is 28.8. The number of hydrogen-bond acceptors (Lipinski definition) is 4. The highest BCUT2D eigenvalue weighted by Crippen LogP contribution is 2.22. The van der Waals surface area contributed by atoms with Crippen molar-refractivity contribution in [1.82, 2.24) is 20.1 Å². The zero-order valence-electron chi connectivity index (χ0n) is 15.3. The molecule has 7 nitrogen and oxygen atoms in total. The van der Waals surface area contributed by atoms with Gasteiger partial charge in [0, 0.05) is 28.3 Å². The van der Waals surface area contributed by atoms with Gasteiger partial charge in [-0.3, -0.25) is 9.59 Å². The van der Waals surface area contributed by atoms with E-state index in [9.17, 15) is 9.59 Å². The highest BCUT2D eigenvalue weighted by molar-refractivity contribution is 6.31. The smallest absolute Gasteiger partial charge is 0.253 e. The number of carbonyl (C=O) groups excluding carboxylic acids is 2. The molecule has 2 amide bonds. The molecule has 2 aromatic heterocycles. The molecule has 0 aliphatic heterocycles. The number of anilines is 1. The Bertz CT molecular complexity index is 1010. The highest BCUT2D eigenvalue weighted by atomic mass is 35.5. The largest absolute Gasteiger partial charge is 0.343 e. The molecule has 0 saturated carbocycles. The van der Waals surface area contributed by atoms with E-state index in [-0.39, 0.29) is 24.4 Å². The van der Waals surface area contributed by atoms with Gasteiger partial charge in [-0.25, -0.2) is 9.67 Å². The van der Waals surface area contributed by atoms with Crippen LogP contribution in [0.1, 0.15) is 35.8 Å². The SMILES string of the molecule is Cc1c(Cl)cccc1NC(=O)CNC(=O)c1cnc2c(cnn2C(C)C)c1. The van der Waals surface area contributed by atoms with Crippen LogP contribution in [-0.2, 0) is 4.79 Å². The second kappa shape index (κ2) is 7.75. The summed E-state index contributed by atoms with van der Waals surface area (Å²) in [6.45, 7) is 5.67. The van der Waals surface area contributed by atoms with Crippen LogP contribution in [0.25, 0.3) is 11.0 Å². The van der Waals surface area contributed by atoms with E-state index >= 15 is 0 Å². The standard InChI is InChI=1S/C19H20ClN5O2/c1-11(2)25-18-13(9-23-25)7-14(8-21-18)19(27)22-10-17(26)24-16-6-4-5-15(20)12(16)3/h4-9,11H,10H2,1-3H3,(H,22,27)(H,24,26). The molecule has 3 aromatic rings. The molecule has 0 aliphatic rings. The molecule has 0 bridgehead atoms. The zero-order chi connectivity index (χ0) is 19.6. The number of rotatable bonds is 5. The lowest BCUT2D eigenvalue weighted by atomic mass is 10.2. The highest BCUT2D eigenvalue weighted by Gasteiger charge is 2.13. The number of benzene rings is 1. The number of halogens is 1. The Kier molecular flexibility index (Phi) is 5.41. The number of fused-ring (bicyclic) bond motifs is 1. The molecule has 0 unspecified atom stereocenters. The Labute approximate surface area is 161 Å². The average molecular weight is 386 g/mol. The summed E-state index contributed by atoms with van der Waals surface area (Å²) in [6.07, 6.45) is 3.16. The maximum absolute atomic E-state index is 12.3. The molecule has 3 rings (SSSR count). The normalized spacial score (nSPS) is 11.0. The minimum Gasteiger partial charge on any atom is -0.343 e. The van der Waals surface area contributed by atoms with Crippen LogP contribution in [0.5, 0.6) is 0 Å². The van der Waals surface area contributed by atoms with Crippen LogP contribution < -0.4 is 10.6 Å². The van der Waals surface area contributed by atoms with Gasteiger partial charge in [-0.1, -0.05) is 17.7 Å². The third-order valence-corrected chi connectivity index (χ3v) is 4.55. The van der Waals surface area contributed by atoms with E-state index < -0.39 is 0 Å². The van der Waals surface area contributed by atoms with Crippen molar-refractivity contribution in [1.29, 1.82) is 0 Å². The van der Waals surface area contributed by atoms with Gasteiger partial charge in [0.15, 0.2) is 5.65 Å². The summed E-state index contributed by atoms with van der Waals surface area (Å²) < 4.78 is 1.79. The van der Waals surface area contributed by atoms with E-state index in [1.165, 1.54) is 6.20 Å². The molecule has 0 spiro atoms. The third kappa shape index (κ3) is 4.09. The van der Waals surface area contributed by atoms with E-state index in [0.717, 1.165) is 16.6 Å². The minimum absolute atomic E-state index is 0.159. The number of hydrogen-bond donors (Lipinski definition) is 2. The first-order chi connectivity index (χ1) is 12.9. The molecule has 0 fully saturated rings. The summed E-state index contributed by atoms with van der Waals surface area (Å²) in [7, 11) is 0. The first kappa shape index (κ1) is 18.8.